The number of anilines is 1. The summed E-state index contributed by atoms with van der Waals surface area (Å²) in [6.45, 7) is 0. The number of pyridine rings is 2. The zero-order valence-corrected chi connectivity index (χ0v) is 15.1. The van der Waals surface area contributed by atoms with Gasteiger partial charge in [-0.25, -0.2) is 0 Å². The van der Waals surface area contributed by atoms with E-state index in [0.717, 1.165) is 27.3 Å². The maximum atomic E-state index is 12.8. The Kier molecular flexibility index (Phi) is 4.50. The van der Waals surface area contributed by atoms with Crippen LogP contribution in [0.15, 0.2) is 61.1 Å². The molecule has 146 valence electrons. The monoisotopic (exact) mass is 397 g/mol. The topological polar surface area (TPSA) is 72.7 Å². The van der Waals surface area contributed by atoms with Crippen LogP contribution >= 0.6 is 0 Å². The number of fused-ring (bicyclic) bond motifs is 1. The Balaban J connectivity index is 1.60. The van der Waals surface area contributed by atoms with Crippen LogP contribution in [0.5, 0.6) is 0 Å². The quantitative estimate of drug-likeness (QED) is 0.559. The second-order valence-electron chi connectivity index (χ2n) is 6.36. The van der Waals surface area contributed by atoms with Gasteiger partial charge in [0, 0.05) is 48.2 Å². The SMILES string of the molecule is Cn1nc(C(F)(F)F)cc1NC(=O)c1ccc2cc(-c3ccncc3)cnc2c1. The molecule has 0 unspecified atom stereocenters. The molecule has 0 radical (unpaired) electrons. The van der Waals surface area contributed by atoms with Crippen LogP contribution in [0.2, 0.25) is 0 Å². The summed E-state index contributed by atoms with van der Waals surface area (Å²) in [5, 5.41) is 6.65. The number of halogens is 3. The summed E-state index contributed by atoms with van der Waals surface area (Å²) in [5.41, 5.74) is 1.67. The van der Waals surface area contributed by atoms with E-state index in [0.29, 0.717) is 5.52 Å². The number of hydrogen-bond donors (Lipinski definition) is 1. The fraction of sp³-hybridized carbons (Fsp3) is 0.100. The zero-order valence-electron chi connectivity index (χ0n) is 15.1. The maximum absolute atomic E-state index is 12.8. The van der Waals surface area contributed by atoms with Gasteiger partial charge in [0.05, 0.1) is 5.52 Å². The van der Waals surface area contributed by atoms with Crippen LogP contribution in [0.3, 0.4) is 0 Å². The Morgan fingerprint density at radius 2 is 1.79 bits per heavy atom. The van der Waals surface area contributed by atoms with Crippen LogP contribution in [-0.4, -0.2) is 25.7 Å². The average Bonchev–Trinajstić information content (AvgIpc) is 3.08. The fourth-order valence-electron chi connectivity index (χ4n) is 2.88. The molecule has 0 aliphatic carbocycles. The highest BCUT2D eigenvalue weighted by Gasteiger charge is 2.34. The van der Waals surface area contributed by atoms with E-state index >= 15 is 0 Å². The van der Waals surface area contributed by atoms with Crippen LogP contribution in [0.1, 0.15) is 16.1 Å². The third kappa shape index (κ3) is 3.79. The van der Waals surface area contributed by atoms with E-state index in [2.05, 4.69) is 20.4 Å². The standard InChI is InChI=1S/C20H14F3N5O/c1-28-18(10-17(27-28)20(21,22)23)26-19(29)14-3-2-13-8-15(11-25-16(13)9-14)12-4-6-24-7-5-12/h2-11H,1H3,(H,26,29). The number of nitrogens with one attached hydrogen (secondary N) is 1. The van der Waals surface area contributed by atoms with Crippen LogP contribution in [-0.2, 0) is 13.2 Å². The van der Waals surface area contributed by atoms with E-state index in [1.807, 2.05) is 18.2 Å². The van der Waals surface area contributed by atoms with Crippen molar-refractivity contribution in [3.8, 4) is 11.1 Å². The first kappa shape index (κ1) is 18.6. The molecule has 29 heavy (non-hydrogen) atoms. The van der Waals surface area contributed by atoms with E-state index in [9.17, 15) is 18.0 Å². The second-order valence-corrected chi connectivity index (χ2v) is 6.36. The third-order valence-electron chi connectivity index (χ3n) is 4.37. The minimum Gasteiger partial charge on any atom is -0.307 e. The first-order valence-electron chi connectivity index (χ1n) is 8.54. The molecule has 0 fully saturated rings. The van der Waals surface area contributed by atoms with Crippen molar-refractivity contribution in [3.63, 3.8) is 0 Å². The Morgan fingerprint density at radius 1 is 1.03 bits per heavy atom. The number of carbonyl (C=O) groups is 1. The van der Waals surface area contributed by atoms with E-state index in [-0.39, 0.29) is 11.4 Å². The Bertz CT molecular complexity index is 1200. The van der Waals surface area contributed by atoms with Gasteiger partial charge < -0.3 is 5.32 Å². The molecule has 0 atom stereocenters. The van der Waals surface area contributed by atoms with Gasteiger partial charge in [0.25, 0.3) is 5.91 Å². The van der Waals surface area contributed by atoms with Crippen molar-refractivity contribution in [1.82, 2.24) is 19.7 Å². The molecule has 4 aromatic rings. The number of rotatable bonds is 3. The summed E-state index contributed by atoms with van der Waals surface area (Å²) in [5.74, 6) is -0.605. The van der Waals surface area contributed by atoms with Crippen molar-refractivity contribution in [2.75, 3.05) is 5.32 Å². The molecular formula is C20H14F3N5O. The lowest BCUT2D eigenvalue weighted by molar-refractivity contribution is -0.141. The normalized spacial score (nSPS) is 11.6. The van der Waals surface area contributed by atoms with Crippen molar-refractivity contribution in [2.45, 2.75) is 6.18 Å². The predicted molar refractivity (Wildman–Crippen MR) is 101 cm³/mol. The van der Waals surface area contributed by atoms with Crippen LogP contribution in [0.4, 0.5) is 19.0 Å². The Labute approximate surface area is 163 Å². The third-order valence-corrected chi connectivity index (χ3v) is 4.37. The van der Waals surface area contributed by atoms with Gasteiger partial charge in [-0.2, -0.15) is 18.3 Å². The summed E-state index contributed by atoms with van der Waals surface area (Å²) in [6.07, 6.45) is 0.488. The van der Waals surface area contributed by atoms with Gasteiger partial charge in [-0.1, -0.05) is 6.07 Å². The first-order chi connectivity index (χ1) is 13.8. The number of aryl methyl sites for hydroxylation is 1. The number of aromatic nitrogens is 4. The van der Waals surface area contributed by atoms with Gasteiger partial charge in [-0.05, 0) is 35.9 Å². The number of hydrogen-bond acceptors (Lipinski definition) is 4. The van der Waals surface area contributed by atoms with Gasteiger partial charge in [-0.3, -0.25) is 19.4 Å². The van der Waals surface area contributed by atoms with E-state index in [4.69, 9.17) is 0 Å². The summed E-state index contributed by atoms with van der Waals surface area (Å²) in [4.78, 5) is 20.9. The van der Waals surface area contributed by atoms with Crippen molar-refractivity contribution in [3.05, 3.63) is 72.3 Å². The Morgan fingerprint density at radius 3 is 2.48 bits per heavy atom. The molecule has 1 amide bonds. The first-order valence-corrected chi connectivity index (χ1v) is 8.54. The smallest absolute Gasteiger partial charge is 0.307 e. The van der Waals surface area contributed by atoms with Crippen LogP contribution < -0.4 is 5.32 Å². The summed E-state index contributed by atoms with van der Waals surface area (Å²) < 4.78 is 39.3. The highest BCUT2D eigenvalue weighted by atomic mass is 19.4. The van der Waals surface area contributed by atoms with E-state index < -0.39 is 17.8 Å². The minimum absolute atomic E-state index is 0.0524. The molecule has 6 nitrogen and oxygen atoms in total. The molecule has 3 aromatic heterocycles. The molecule has 0 saturated heterocycles. The highest BCUT2D eigenvalue weighted by molar-refractivity contribution is 6.05. The lowest BCUT2D eigenvalue weighted by atomic mass is 10.1. The summed E-state index contributed by atoms with van der Waals surface area (Å²) >= 11 is 0. The van der Waals surface area contributed by atoms with Gasteiger partial charge in [0.2, 0.25) is 0 Å². The van der Waals surface area contributed by atoms with E-state index in [1.54, 1.807) is 36.8 Å². The molecule has 4 rings (SSSR count). The average molecular weight is 397 g/mol. The van der Waals surface area contributed by atoms with Crippen LogP contribution in [0, 0.1) is 0 Å². The van der Waals surface area contributed by atoms with E-state index in [1.165, 1.54) is 7.05 Å². The molecule has 1 aromatic carbocycles. The summed E-state index contributed by atoms with van der Waals surface area (Å²) in [6, 6.07) is 11.4. The van der Waals surface area contributed by atoms with Gasteiger partial charge >= 0.3 is 6.18 Å². The lowest BCUT2D eigenvalue weighted by Crippen LogP contribution is -2.14. The number of benzene rings is 1. The number of nitrogens with zero attached hydrogens (tertiary/aromatic N) is 4. The van der Waals surface area contributed by atoms with Gasteiger partial charge in [0.1, 0.15) is 5.82 Å². The molecule has 0 spiro atoms. The second kappa shape index (κ2) is 7.01. The number of carbonyl (C=O) groups excluding carboxylic acids is 1. The molecule has 3 heterocycles. The van der Waals surface area contributed by atoms with Gasteiger partial charge in [0.15, 0.2) is 5.69 Å². The molecule has 9 heteroatoms. The molecule has 0 aliphatic rings. The van der Waals surface area contributed by atoms with Crippen molar-refractivity contribution >= 4 is 22.6 Å². The lowest BCUT2D eigenvalue weighted by Gasteiger charge is -2.07. The molecule has 0 bridgehead atoms. The largest absolute Gasteiger partial charge is 0.435 e. The molecule has 0 saturated carbocycles. The van der Waals surface area contributed by atoms with Crippen molar-refractivity contribution in [2.24, 2.45) is 7.05 Å². The Hall–Kier alpha value is -3.75. The van der Waals surface area contributed by atoms with Crippen molar-refractivity contribution in [1.29, 1.82) is 0 Å². The molecule has 1 N–H and O–H groups in total. The highest BCUT2D eigenvalue weighted by Crippen LogP contribution is 2.30. The maximum Gasteiger partial charge on any atom is 0.435 e. The fourth-order valence-corrected chi connectivity index (χ4v) is 2.88. The zero-order chi connectivity index (χ0) is 20.6. The van der Waals surface area contributed by atoms with Crippen LogP contribution in [0.25, 0.3) is 22.0 Å². The minimum atomic E-state index is -4.58. The van der Waals surface area contributed by atoms with Gasteiger partial charge in [-0.15, -0.1) is 0 Å². The number of amides is 1. The molecule has 0 aliphatic heterocycles. The molecular weight excluding hydrogens is 383 g/mol. The summed E-state index contributed by atoms with van der Waals surface area (Å²) in [7, 11) is 1.33. The van der Waals surface area contributed by atoms with Crippen molar-refractivity contribution < 1.29 is 18.0 Å². The number of alkyl halides is 3. The predicted octanol–water partition coefficient (Wildman–Crippen LogP) is 4.30.